The molecule has 3 aromatic carbocycles. The maximum Gasteiger partial charge on any atom is 0.329 e. The van der Waals surface area contributed by atoms with Gasteiger partial charge in [0.15, 0.2) is 11.5 Å². The Labute approximate surface area is 221 Å². The van der Waals surface area contributed by atoms with Crippen molar-refractivity contribution >= 4 is 29.6 Å². The number of carbonyl (C=O) groups excluding carboxylic acids is 3. The first-order valence-electron chi connectivity index (χ1n) is 12.1. The fourth-order valence-corrected chi connectivity index (χ4v) is 3.98. The quantitative estimate of drug-likeness (QED) is 0.231. The highest BCUT2D eigenvalue weighted by atomic mass is 16.5. The number of anilines is 1. The smallest absolute Gasteiger partial charge is 0.329 e. The molecule has 1 aliphatic heterocycles. The highest BCUT2D eigenvalue weighted by Crippen LogP contribution is 2.35. The van der Waals surface area contributed by atoms with E-state index in [4.69, 9.17) is 9.47 Å². The van der Waals surface area contributed by atoms with E-state index in [1.807, 2.05) is 55.5 Å². The molecule has 4 amide bonds. The van der Waals surface area contributed by atoms with Gasteiger partial charge in [-0.25, -0.2) is 9.69 Å². The molecule has 194 valence electrons. The standard InChI is InChI=1S/C30H29N3O5/c1-4-8-23-15-22(17-26(37-3)28(23)38-19-21-9-6-5-7-10-21)16-25-29(35)33(30(36)32-25)18-27(34)31-24-13-11-20(2)12-14-24/h4-7,9-17H,1,8,18-19H2,2-3H3,(H,31,34)(H,32,36)/b25-16+. The lowest BCUT2D eigenvalue weighted by Crippen LogP contribution is -2.38. The van der Waals surface area contributed by atoms with Gasteiger partial charge < -0.3 is 20.1 Å². The Balaban J connectivity index is 1.52. The van der Waals surface area contributed by atoms with Gasteiger partial charge in [0.05, 0.1) is 7.11 Å². The number of imide groups is 1. The van der Waals surface area contributed by atoms with Gasteiger partial charge in [-0.1, -0.05) is 54.1 Å². The average molecular weight is 512 g/mol. The first-order chi connectivity index (χ1) is 18.4. The van der Waals surface area contributed by atoms with Crippen LogP contribution in [0.15, 0.2) is 85.1 Å². The summed E-state index contributed by atoms with van der Waals surface area (Å²) in [6.07, 6.45) is 3.80. The van der Waals surface area contributed by atoms with Crippen LogP contribution in [0.25, 0.3) is 6.08 Å². The number of hydrogen-bond donors (Lipinski definition) is 2. The van der Waals surface area contributed by atoms with Crippen LogP contribution < -0.4 is 20.1 Å². The van der Waals surface area contributed by atoms with Crippen LogP contribution in [0.5, 0.6) is 11.5 Å². The molecule has 0 bridgehead atoms. The van der Waals surface area contributed by atoms with Gasteiger partial charge in [-0.05, 0) is 54.8 Å². The highest BCUT2D eigenvalue weighted by molar-refractivity contribution is 6.16. The van der Waals surface area contributed by atoms with Gasteiger partial charge in [-0.2, -0.15) is 0 Å². The van der Waals surface area contributed by atoms with Crippen LogP contribution in [0, 0.1) is 6.92 Å². The predicted molar refractivity (Wildman–Crippen MR) is 146 cm³/mol. The largest absolute Gasteiger partial charge is 0.493 e. The van der Waals surface area contributed by atoms with Crippen molar-refractivity contribution in [3.8, 4) is 11.5 Å². The molecular formula is C30H29N3O5. The topological polar surface area (TPSA) is 97.0 Å². The van der Waals surface area contributed by atoms with Crippen molar-refractivity contribution in [1.82, 2.24) is 10.2 Å². The average Bonchev–Trinajstić information content (AvgIpc) is 3.17. The molecule has 38 heavy (non-hydrogen) atoms. The molecule has 2 N–H and O–H groups in total. The zero-order valence-corrected chi connectivity index (χ0v) is 21.3. The summed E-state index contributed by atoms with van der Waals surface area (Å²) < 4.78 is 11.7. The van der Waals surface area contributed by atoms with Crippen LogP contribution in [0.1, 0.15) is 22.3 Å². The Kier molecular flexibility index (Phi) is 8.23. The minimum Gasteiger partial charge on any atom is -0.493 e. The second kappa shape index (κ2) is 11.9. The Morgan fingerprint density at radius 2 is 1.82 bits per heavy atom. The van der Waals surface area contributed by atoms with Gasteiger partial charge in [0, 0.05) is 11.3 Å². The second-order valence-electron chi connectivity index (χ2n) is 8.77. The number of hydrogen-bond acceptors (Lipinski definition) is 5. The fourth-order valence-electron chi connectivity index (χ4n) is 3.98. The third-order valence-corrected chi connectivity index (χ3v) is 5.87. The molecule has 0 radical (unpaired) electrons. The summed E-state index contributed by atoms with van der Waals surface area (Å²) in [5.74, 6) is -0.0102. The third-order valence-electron chi connectivity index (χ3n) is 5.87. The van der Waals surface area contributed by atoms with Crippen LogP contribution in [0.3, 0.4) is 0 Å². The Morgan fingerprint density at radius 1 is 1.08 bits per heavy atom. The van der Waals surface area contributed by atoms with Crippen LogP contribution in [-0.4, -0.2) is 36.4 Å². The first kappa shape index (κ1) is 26.2. The minimum absolute atomic E-state index is 0.0581. The van der Waals surface area contributed by atoms with Gasteiger partial charge in [-0.3, -0.25) is 9.59 Å². The van der Waals surface area contributed by atoms with Gasteiger partial charge in [-0.15, -0.1) is 6.58 Å². The maximum absolute atomic E-state index is 13.0. The van der Waals surface area contributed by atoms with Crippen molar-refractivity contribution in [2.75, 3.05) is 19.0 Å². The van der Waals surface area contributed by atoms with Crippen molar-refractivity contribution in [1.29, 1.82) is 0 Å². The molecule has 8 heteroatoms. The summed E-state index contributed by atoms with van der Waals surface area (Å²) in [4.78, 5) is 38.8. The van der Waals surface area contributed by atoms with Crippen LogP contribution >= 0.6 is 0 Å². The SMILES string of the molecule is C=CCc1cc(/C=C2/NC(=O)N(CC(=O)Nc3ccc(C)cc3)C2=O)cc(OC)c1OCc1ccccc1. The molecule has 0 atom stereocenters. The van der Waals surface area contributed by atoms with Gasteiger partial charge in [0.25, 0.3) is 5.91 Å². The summed E-state index contributed by atoms with van der Waals surface area (Å²) in [5, 5.41) is 5.25. The number of urea groups is 1. The van der Waals surface area contributed by atoms with Crippen molar-refractivity contribution in [3.05, 3.63) is 107 Å². The number of benzene rings is 3. The molecule has 0 unspecified atom stereocenters. The third kappa shape index (κ3) is 6.28. The van der Waals surface area contributed by atoms with E-state index >= 15 is 0 Å². The Hall–Kier alpha value is -4.85. The molecule has 0 aliphatic carbocycles. The van der Waals surface area contributed by atoms with E-state index in [1.54, 1.807) is 30.4 Å². The Bertz CT molecular complexity index is 1380. The molecule has 4 rings (SSSR count). The van der Waals surface area contributed by atoms with E-state index in [2.05, 4.69) is 17.2 Å². The number of nitrogens with zero attached hydrogens (tertiary/aromatic N) is 1. The summed E-state index contributed by atoms with van der Waals surface area (Å²) in [5.41, 5.74) is 4.14. The Morgan fingerprint density at radius 3 is 2.50 bits per heavy atom. The van der Waals surface area contributed by atoms with E-state index in [9.17, 15) is 14.4 Å². The van der Waals surface area contributed by atoms with Crippen molar-refractivity contribution in [2.45, 2.75) is 20.0 Å². The zero-order chi connectivity index (χ0) is 27.1. The van der Waals surface area contributed by atoms with E-state index < -0.39 is 24.4 Å². The lowest BCUT2D eigenvalue weighted by atomic mass is 10.0. The summed E-state index contributed by atoms with van der Waals surface area (Å²) in [6.45, 7) is 5.72. The van der Waals surface area contributed by atoms with E-state index in [1.165, 1.54) is 7.11 Å². The summed E-state index contributed by atoms with van der Waals surface area (Å²) in [7, 11) is 1.54. The molecule has 0 saturated carbocycles. The number of allylic oxidation sites excluding steroid dienone is 1. The zero-order valence-electron chi connectivity index (χ0n) is 21.3. The van der Waals surface area contributed by atoms with Crippen molar-refractivity contribution in [3.63, 3.8) is 0 Å². The fraction of sp³-hybridized carbons (Fsp3) is 0.167. The van der Waals surface area contributed by atoms with Gasteiger partial charge >= 0.3 is 6.03 Å². The van der Waals surface area contributed by atoms with Crippen LogP contribution in [0.4, 0.5) is 10.5 Å². The number of nitrogens with one attached hydrogen (secondary N) is 2. The molecule has 1 aliphatic rings. The predicted octanol–water partition coefficient (Wildman–Crippen LogP) is 4.84. The molecule has 1 heterocycles. The first-order valence-corrected chi connectivity index (χ1v) is 12.1. The van der Waals surface area contributed by atoms with Crippen molar-refractivity contribution in [2.24, 2.45) is 0 Å². The molecule has 1 saturated heterocycles. The number of ether oxygens (including phenoxy) is 2. The maximum atomic E-state index is 13.0. The molecule has 0 aromatic heterocycles. The van der Waals surface area contributed by atoms with E-state index in [0.29, 0.717) is 35.8 Å². The lowest BCUT2D eigenvalue weighted by molar-refractivity contribution is -0.127. The molecule has 1 fully saturated rings. The van der Waals surface area contributed by atoms with Gasteiger partial charge in [0.2, 0.25) is 5.91 Å². The minimum atomic E-state index is -0.665. The van der Waals surface area contributed by atoms with E-state index in [-0.39, 0.29) is 5.70 Å². The number of rotatable bonds is 10. The van der Waals surface area contributed by atoms with Gasteiger partial charge in [0.1, 0.15) is 18.8 Å². The molecule has 0 spiro atoms. The molecule has 3 aromatic rings. The molecule has 8 nitrogen and oxygen atoms in total. The van der Waals surface area contributed by atoms with Crippen LogP contribution in [-0.2, 0) is 22.6 Å². The number of methoxy groups -OCH3 is 1. The number of carbonyl (C=O) groups is 3. The van der Waals surface area contributed by atoms with E-state index in [0.717, 1.165) is 21.6 Å². The summed E-state index contributed by atoms with van der Waals surface area (Å²) >= 11 is 0. The monoisotopic (exact) mass is 511 g/mol. The van der Waals surface area contributed by atoms with Crippen LogP contribution in [0.2, 0.25) is 0 Å². The second-order valence-corrected chi connectivity index (χ2v) is 8.77. The normalized spacial score (nSPS) is 13.8. The van der Waals surface area contributed by atoms with Crippen molar-refractivity contribution < 1.29 is 23.9 Å². The number of amides is 4. The highest BCUT2D eigenvalue weighted by Gasteiger charge is 2.35. The number of aryl methyl sites for hydroxylation is 1. The molecular weight excluding hydrogens is 482 g/mol. The summed E-state index contributed by atoms with van der Waals surface area (Å²) in [6, 6.07) is 19.9. The lowest BCUT2D eigenvalue weighted by Gasteiger charge is -2.16.